The maximum absolute atomic E-state index is 14.3. The minimum Gasteiger partial charge on any atom is -0.497 e. The van der Waals surface area contributed by atoms with E-state index in [-0.39, 0.29) is 31.1 Å². The van der Waals surface area contributed by atoms with Gasteiger partial charge in [-0.15, -0.1) is 0 Å². The average Bonchev–Trinajstić information content (AvgIpc) is 3.63. The summed E-state index contributed by atoms with van der Waals surface area (Å²) in [6.07, 6.45) is 7.21. The Hall–Kier alpha value is -4.46. The summed E-state index contributed by atoms with van der Waals surface area (Å²) in [5.41, 5.74) is 3.09. The summed E-state index contributed by atoms with van der Waals surface area (Å²) in [7, 11) is 1.60. The highest BCUT2D eigenvalue weighted by Crippen LogP contribution is 2.39. The Morgan fingerprint density at radius 2 is 1.77 bits per heavy atom. The summed E-state index contributed by atoms with van der Waals surface area (Å²) < 4.78 is 16.5. The number of H-pyrrole nitrogens is 1. The average molecular weight is 540 g/mol. The van der Waals surface area contributed by atoms with Gasteiger partial charge in [0.15, 0.2) is 11.5 Å². The SMILES string of the molecule is COc1ccc([C@@H](C(=O)NC2CCCCC2)N(C(=O)Cc2c[nH]c3ccccc23)c2ccc3c(c2)OCO3)cc1. The summed E-state index contributed by atoms with van der Waals surface area (Å²) in [4.78, 5) is 33.3. The van der Waals surface area contributed by atoms with Gasteiger partial charge in [-0.2, -0.15) is 0 Å². The first-order chi connectivity index (χ1) is 19.6. The van der Waals surface area contributed by atoms with Crippen LogP contribution in [0, 0.1) is 0 Å². The summed E-state index contributed by atoms with van der Waals surface area (Å²) >= 11 is 0. The second-order valence-corrected chi connectivity index (χ2v) is 10.4. The molecule has 0 bridgehead atoms. The van der Waals surface area contributed by atoms with E-state index in [0.717, 1.165) is 42.1 Å². The smallest absolute Gasteiger partial charge is 0.248 e. The van der Waals surface area contributed by atoms with E-state index in [9.17, 15) is 9.59 Å². The third-order valence-electron chi connectivity index (χ3n) is 7.81. The molecule has 206 valence electrons. The molecule has 1 fully saturated rings. The molecular weight excluding hydrogens is 506 g/mol. The normalized spacial score (nSPS) is 15.5. The number of carbonyl (C=O) groups is 2. The molecule has 6 rings (SSSR count). The lowest BCUT2D eigenvalue weighted by Crippen LogP contribution is -2.47. The second kappa shape index (κ2) is 11.3. The maximum Gasteiger partial charge on any atom is 0.248 e. The number of ether oxygens (including phenoxy) is 3. The molecule has 4 aromatic rings. The first-order valence-electron chi connectivity index (χ1n) is 13.8. The highest BCUT2D eigenvalue weighted by Gasteiger charge is 2.35. The summed E-state index contributed by atoms with van der Waals surface area (Å²) in [5, 5.41) is 4.25. The van der Waals surface area contributed by atoms with Gasteiger partial charge >= 0.3 is 0 Å². The number of benzene rings is 3. The summed E-state index contributed by atoms with van der Waals surface area (Å²) in [5.74, 6) is 1.42. The quantitative estimate of drug-likeness (QED) is 0.301. The van der Waals surface area contributed by atoms with Crippen molar-refractivity contribution in [1.82, 2.24) is 10.3 Å². The number of aromatic nitrogens is 1. The van der Waals surface area contributed by atoms with Gasteiger partial charge in [0.1, 0.15) is 11.8 Å². The first-order valence-corrected chi connectivity index (χ1v) is 13.8. The fraction of sp³-hybridized carbons (Fsp3) is 0.312. The Bertz CT molecular complexity index is 1510. The topological polar surface area (TPSA) is 92.9 Å². The van der Waals surface area contributed by atoms with Crippen LogP contribution in [0.2, 0.25) is 0 Å². The predicted octanol–water partition coefficient (Wildman–Crippen LogP) is 5.67. The molecule has 2 amide bonds. The molecule has 8 nitrogen and oxygen atoms in total. The van der Waals surface area contributed by atoms with Gasteiger partial charge in [-0.25, -0.2) is 0 Å². The molecule has 2 N–H and O–H groups in total. The van der Waals surface area contributed by atoms with E-state index < -0.39 is 6.04 Å². The van der Waals surface area contributed by atoms with Crippen LogP contribution >= 0.6 is 0 Å². The van der Waals surface area contributed by atoms with Gasteiger partial charge < -0.3 is 24.5 Å². The monoisotopic (exact) mass is 539 g/mol. The van der Waals surface area contributed by atoms with Crippen LogP contribution in [-0.4, -0.2) is 36.7 Å². The van der Waals surface area contributed by atoms with Crippen LogP contribution in [0.3, 0.4) is 0 Å². The van der Waals surface area contributed by atoms with E-state index in [1.54, 1.807) is 24.1 Å². The van der Waals surface area contributed by atoms with Gasteiger partial charge in [-0.05, 0) is 54.3 Å². The minimum atomic E-state index is -0.897. The van der Waals surface area contributed by atoms with Crippen molar-refractivity contribution in [1.29, 1.82) is 0 Å². The number of rotatable bonds is 8. The molecule has 0 spiro atoms. The van der Waals surface area contributed by atoms with Crippen LogP contribution in [0.1, 0.15) is 49.3 Å². The Kier molecular flexibility index (Phi) is 7.31. The Morgan fingerprint density at radius 1 is 1.00 bits per heavy atom. The molecule has 0 saturated heterocycles. The zero-order valence-corrected chi connectivity index (χ0v) is 22.5. The number of hydrogen-bond acceptors (Lipinski definition) is 5. The number of anilines is 1. The van der Waals surface area contributed by atoms with Crippen LogP contribution in [0.5, 0.6) is 17.2 Å². The second-order valence-electron chi connectivity index (χ2n) is 10.4. The number of fused-ring (bicyclic) bond motifs is 2. The lowest BCUT2D eigenvalue weighted by Gasteiger charge is -2.33. The van der Waals surface area contributed by atoms with Gasteiger partial charge in [0, 0.05) is 34.9 Å². The van der Waals surface area contributed by atoms with Crippen molar-refractivity contribution in [2.45, 2.75) is 50.6 Å². The lowest BCUT2D eigenvalue weighted by atomic mass is 9.94. The number of para-hydroxylation sites is 1. The van der Waals surface area contributed by atoms with Crippen molar-refractivity contribution in [3.05, 3.63) is 84.1 Å². The zero-order chi connectivity index (χ0) is 27.5. The summed E-state index contributed by atoms with van der Waals surface area (Å²) in [6, 6.07) is 19.8. The van der Waals surface area contributed by atoms with Crippen molar-refractivity contribution in [2.75, 3.05) is 18.8 Å². The molecule has 1 aromatic heterocycles. The van der Waals surface area contributed by atoms with E-state index in [1.165, 1.54) is 6.42 Å². The van der Waals surface area contributed by atoms with Crippen molar-refractivity contribution < 1.29 is 23.8 Å². The highest BCUT2D eigenvalue weighted by molar-refractivity contribution is 6.03. The third kappa shape index (κ3) is 5.21. The van der Waals surface area contributed by atoms with Crippen molar-refractivity contribution in [3.8, 4) is 17.2 Å². The molecule has 1 aliphatic heterocycles. The van der Waals surface area contributed by atoms with Crippen LogP contribution in [-0.2, 0) is 16.0 Å². The molecular formula is C32H33N3O5. The van der Waals surface area contributed by atoms with Crippen molar-refractivity contribution in [3.63, 3.8) is 0 Å². The highest BCUT2D eigenvalue weighted by atomic mass is 16.7. The molecule has 8 heteroatoms. The van der Waals surface area contributed by atoms with E-state index in [0.29, 0.717) is 28.5 Å². The molecule has 3 aromatic carbocycles. The maximum atomic E-state index is 14.3. The van der Waals surface area contributed by atoms with Gasteiger partial charge in [0.2, 0.25) is 18.6 Å². The largest absolute Gasteiger partial charge is 0.497 e. The zero-order valence-electron chi connectivity index (χ0n) is 22.5. The number of amides is 2. The molecule has 2 aliphatic rings. The fourth-order valence-electron chi connectivity index (χ4n) is 5.73. The number of nitrogens with zero attached hydrogens (tertiary/aromatic N) is 1. The third-order valence-corrected chi connectivity index (χ3v) is 7.81. The Balaban J connectivity index is 1.42. The molecule has 40 heavy (non-hydrogen) atoms. The first kappa shape index (κ1) is 25.8. The van der Waals surface area contributed by atoms with Crippen LogP contribution < -0.4 is 24.4 Å². The van der Waals surface area contributed by atoms with E-state index in [1.807, 2.05) is 60.8 Å². The minimum absolute atomic E-state index is 0.0873. The predicted molar refractivity (Wildman–Crippen MR) is 153 cm³/mol. The molecule has 2 heterocycles. The van der Waals surface area contributed by atoms with Gasteiger partial charge in [0.25, 0.3) is 0 Å². The molecule has 1 saturated carbocycles. The van der Waals surface area contributed by atoms with Crippen LogP contribution in [0.4, 0.5) is 5.69 Å². The molecule has 0 radical (unpaired) electrons. The van der Waals surface area contributed by atoms with Crippen LogP contribution in [0.15, 0.2) is 72.9 Å². The van der Waals surface area contributed by atoms with E-state index in [2.05, 4.69) is 10.3 Å². The number of hydrogen-bond donors (Lipinski definition) is 2. The lowest BCUT2D eigenvalue weighted by molar-refractivity contribution is -0.127. The Labute approximate surface area is 233 Å². The van der Waals surface area contributed by atoms with Crippen molar-refractivity contribution >= 4 is 28.4 Å². The molecule has 1 atom stereocenters. The number of methoxy groups -OCH3 is 1. The summed E-state index contributed by atoms with van der Waals surface area (Å²) in [6.45, 7) is 0.117. The molecule has 0 unspecified atom stereocenters. The Morgan fingerprint density at radius 3 is 2.58 bits per heavy atom. The fourth-order valence-corrected chi connectivity index (χ4v) is 5.73. The standard InChI is InChI=1S/C32H33N3O5/c1-38-25-14-11-21(12-15-25)31(32(37)34-23-7-3-2-4-8-23)35(24-13-16-28-29(18-24)40-20-39-28)30(36)17-22-19-33-27-10-6-5-9-26(22)27/h5-6,9-16,18-19,23,31,33H,2-4,7-8,17,20H2,1H3,(H,34,37)/t31-/m0/s1. The van der Waals surface area contributed by atoms with E-state index >= 15 is 0 Å². The number of carbonyl (C=O) groups excluding carboxylic acids is 2. The van der Waals surface area contributed by atoms with Gasteiger partial charge in [0.05, 0.1) is 13.5 Å². The molecule has 1 aliphatic carbocycles. The number of aromatic amines is 1. The van der Waals surface area contributed by atoms with Crippen LogP contribution in [0.25, 0.3) is 10.9 Å². The van der Waals surface area contributed by atoms with Gasteiger partial charge in [-0.3, -0.25) is 14.5 Å². The van der Waals surface area contributed by atoms with Crippen molar-refractivity contribution in [2.24, 2.45) is 0 Å². The number of nitrogens with one attached hydrogen (secondary N) is 2. The van der Waals surface area contributed by atoms with Gasteiger partial charge in [-0.1, -0.05) is 49.6 Å². The van der Waals surface area contributed by atoms with E-state index in [4.69, 9.17) is 14.2 Å².